The zero-order valence-electron chi connectivity index (χ0n) is 12.8. The molecule has 0 spiro atoms. The van der Waals surface area contributed by atoms with E-state index in [1.165, 1.54) is 26.0 Å². The fourth-order valence-electron chi connectivity index (χ4n) is 2.19. The van der Waals surface area contributed by atoms with Gasteiger partial charge in [-0.2, -0.15) is 0 Å². The van der Waals surface area contributed by atoms with Crippen molar-refractivity contribution >= 4 is 26.9 Å². The van der Waals surface area contributed by atoms with Crippen molar-refractivity contribution in [3.63, 3.8) is 0 Å². The lowest BCUT2D eigenvalue weighted by Gasteiger charge is -2.29. The zero-order chi connectivity index (χ0) is 17.4. The Kier molecular flexibility index (Phi) is 4.47. The molecule has 0 bridgehead atoms. The standard InChI is InChI=1S/C14H17FN2O5S/c1-14(2,12(18)13(19)22-3)17-23(20,21)10-7-16-9-6-4-5-8(15)11(9)10/h4-7,12,16-18H,1-3H3/t12-/m0/s1. The molecule has 0 aliphatic heterocycles. The molecule has 7 nitrogen and oxygen atoms in total. The molecule has 0 saturated heterocycles. The van der Waals surface area contributed by atoms with Crippen LogP contribution in [0.5, 0.6) is 0 Å². The number of ether oxygens (including phenoxy) is 1. The highest BCUT2D eigenvalue weighted by Gasteiger charge is 2.39. The van der Waals surface area contributed by atoms with Crippen LogP contribution in [0.15, 0.2) is 29.3 Å². The van der Waals surface area contributed by atoms with Crippen LogP contribution in [0.3, 0.4) is 0 Å². The number of hydrogen-bond donors (Lipinski definition) is 3. The van der Waals surface area contributed by atoms with E-state index in [1.54, 1.807) is 0 Å². The molecule has 126 valence electrons. The molecule has 1 aromatic heterocycles. The summed E-state index contributed by atoms with van der Waals surface area (Å²) in [6, 6.07) is 4.12. The molecule has 2 rings (SSSR count). The van der Waals surface area contributed by atoms with Crippen LogP contribution in [0, 0.1) is 5.82 Å². The van der Waals surface area contributed by atoms with E-state index in [0.717, 1.165) is 19.4 Å². The molecule has 3 N–H and O–H groups in total. The number of aliphatic hydroxyl groups excluding tert-OH is 1. The molecule has 0 unspecified atom stereocenters. The van der Waals surface area contributed by atoms with Gasteiger partial charge in [0.05, 0.1) is 18.0 Å². The highest BCUT2D eigenvalue weighted by molar-refractivity contribution is 7.89. The van der Waals surface area contributed by atoms with Gasteiger partial charge in [0, 0.05) is 11.7 Å². The van der Waals surface area contributed by atoms with Gasteiger partial charge in [-0.1, -0.05) is 6.07 Å². The second-order valence-corrected chi connectivity index (χ2v) is 7.22. The van der Waals surface area contributed by atoms with E-state index in [9.17, 15) is 22.7 Å². The van der Waals surface area contributed by atoms with Crippen molar-refractivity contribution in [2.24, 2.45) is 0 Å². The minimum absolute atomic E-state index is 0.0941. The number of hydrogen-bond acceptors (Lipinski definition) is 5. The minimum atomic E-state index is -4.20. The maximum Gasteiger partial charge on any atom is 0.336 e. The van der Waals surface area contributed by atoms with Gasteiger partial charge in [0.15, 0.2) is 6.10 Å². The number of esters is 1. The van der Waals surface area contributed by atoms with Crippen molar-refractivity contribution in [2.75, 3.05) is 7.11 Å². The Morgan fingerprint density at radius 2 is 2.09 bits per heavy atom. The molecular formula is C14H17FN2O5S. The lowest BCUT2D eigenvalue weighted by atomic mass is 9.99. The third kappa shape index (κ3) is 3.21. The van der Waals surface area contributed by atoms with Gasteiger partial charge in [0.2, 0.25) is 10.0 Å². The average molecular weight is 344 g/mol. The molecule has 2 aromatic rings. The molecule has 1 aromatic carbocycles. The molecule has 0 fully saturated rings. The van der Waals surface area contributed by atoms with Crippen LogP contribution < -0.4 is 4.72 Å². The van der Waals surface area contributed by atoms with E-state index >= 15 is 0 Å². The van der Waals surface area contributed by atoms with Gasteiger partial charge in [0.25, 0.3) is 0 Å². The minimum Gasteiger partial charge on any atom is -0.467 e. The largest absolute Gasteiger partial charge is 0.467 e. The first-order valence-electron chi connectivity index (χ1n) is 6.65. The predicted octanol–water partition coefficient (Wildman–Crippen LogP) is 0.898. The lowest BCUT2D eigenvalue weighted by molar-refractivity contribution is -0.153. The van der Waals surface area contributed by atoms with Crippen molar-refractivity contribution in [3.8, 4) is 0 Å². The Morgan fingerprint density at radius 1 is 1.43 bits per heavy atom. The third-order valence-electron chi connectivity index (χ3n) is 3.41. The summed E-state index contributed by atoms with van der Waals surface area (Å²) >= 11 is 0. The van der Waals surface area contributed by atoms with E-state index in [4.69, 9.17) is 0 Å². The van der Waals surface area contributed by atoms with Gasteiger partial charge in [-0.25, -0.2) is 22.3 Å². The maximum absolute atomic E-state index is 13.9. The molecule has 1 heterocycles. The molecule has 1 atom stereocenters. The average Bonchev–Trinajstić information content (AvgIpc) is 2.91. The van der Waals surface area contributed by atoms with E-state index in [0.29, 0.717) is 5.52 Å². The van der Waals surface area contributed by atoms with Crippen LogP contribution in [0.4, 0.5) is 4.39 Å². The van der Waals surface area contributed by atoms with Crippen LogP contribution in [-0.2, 0) is 19.6 Å². The summed E-state index contributed by atoms with van der Waals surface area (Å²) < 4.78 is 45.6. The normalized spacial score (nSPS) is 14.0. The topological polar surface area (TPSA) is 108 Å². The number of carbonyl (C=O) groups excluding carboxylic acids is 1. The van der Waals surface area contributed by atoms with Crippen molar-refractivity contribution in [2.45, 2.75) is 30.4 Å². The van der Waals surface area contributed by atoms with Crippen LogP contribution >= 0.6 is 0 Å². The number of halogens is 1. The Bertz CT molecular complexity index is 844. The van der Waals surface area contributed by atoms with Gasteiger partial charge < -0.3 is 14.8 Å². The Hall–Kier alpha value is -1.97. The van der Waals surface area contributed by atoms with Gasteiger partial charge in [-0.15, -0.1) is 0 Å². The number of nitrogens with one attached hydrogen (secondary N) is 2. The number of benzene rings is 1. The third-order valence-corrected chi connectivity index (χ3v) is 5.11. The first-order chi connectivity index (χ1) is 10.6. The number of sulfonamides is 1. The van der Waals surface area contributed by atoms with Crippen molar-refractivity contribution in [1.82, 2.24) is 9.71 Å². The summed E-state index contributed by atoms with van der Waals surface area (Å²) in [5, 5.41) is 9.80. The number of fused-ring (bicyclic) bond motifs is 1. The summed E-state index contributed by atoms with van der Waals surface area (Å²) in [7, 11) is -3.12. The summed E-state index contributed by atoms with van der Waals surface area (Å²) in [5.41, 5.74) is -1.24. The Morgan fingerprint density at radius 3 is 2.70 bits per heavy atom. The summed E-state index contributed by atoms with van der Waals surface area (Å²) in [6.45, 7) is 2.63. The number of H-pyrrole nitrogens is 1. The summed E-state index contributed by atoms with van der Waals surface area (Å²) in [5.74, 6) is -1.68. The fraction of sp³-hybridized carbons (Fsp3) is 0.357. The maximum atomic E-state index is 13.9. The molecule has 0 aliphatic carbocycles. The van der Waals surface area contributed by atoms with Crippen molar-refractivity contribution in [1.29, 1.82) is 0 Å². The first kappa shape index (κ1) is 17.4. The van der Waals surface area contributed by atoms with Gasteiger partial charge in [-0.3, -0.25) is 0 Å². The number of rotatable bonds is 5. The predicted molar refractivity (Wildman–Crippen MR) is 80.7 cm³/mol. The van der Waals surface area contributed by atoms with E-state index in [2.05, 4.69) is 14.4 Å². The van der Waals surface area contributed by atoms with E-state index in [1.807, 2.05) is 0 Å². The number of aliphatic hydroxyl groups is 1. The van der Waals surface area contributed by atoms with Crippen LogP contribution in [-0.4, -0.2) is 43.2 Å². The number of aromatic amines is 1. The molecular weight excluding hydrogens is 327 g/mol. The SMILES string of the molecule is COC(=O)[C@H](O)C(C)(C)NS(=O)(=O)c1c[nH]c2cccc(F)c12. The van der Waals surface area contributed by atoms with Gasteiger partial charge in [0.1, 0.15) is 10.7 Å². The van der Waals surface area contributed by atoms with Crippen molar-refractivity contribution in [3.05, 3.63) is 30.2 Å². The molecule has 9 heteroatoms. The number of aromatic nitrogens is 1. The van der Waals surface area contributed by atoms with Gasteiger partial charge in [-0.05, 0) is 26.0 Å². The molecule has 0 amide bonds. The summed E-state index contributed by atoms with van der Waals surface area (Å²) in [4.78, 5) is 13.8. The van der Waals surface area contributed by atoms with E-state index in [-0.39, 0.29) is 10.3 Å². The molecule has 0 saturated carbocycles. The smallest absolute Gasteiger partial charge is 0.336 e. The van der Waals surface area contributed by atoms with Crippen LogP contribution in [0.2, 0.25) is 0 Å². The quantitative estimate of drug-likeness (QED) is 0.698. The summed E-state index contributed by atoms with van der Waals surface area (Å²) in [6.07, 6.45) is -0.575. The monoisotopic (exact) mass is 344 g/mol. The highest BCUT2D eigenvalue weighted by Crippen LogP contribution is 2.26. The second-order valence-electron chi connectivity index (χ2n) is 5.57. The number of carbonyl (C=O) groups is 1. The molecule has 0 radical (unpaired) electrons. The Labute approximate surface area is 132 Å². The highest BCUT2D eigenvalue weighted by atomic mass is 32.2. The Balaban J connectivity index is 2.44. The lowest BCUT2D eigenvalue weighted by Crippen LogP contribution is -2.55. The van der Waals surface area contributed by atoms with Crippen LogP contribution in [0.1, 0.15) is 13.8 Å². The molecule has 0 aliphatic rings. The zero-order valence-corrected chi connectivity index (χ0v) is 13.6. The fourth-order valence-corrected chi connectivity index (χ4v) is 3.79. The second kappa shape index (κ2) is 5.91. The first-order valence-corrected chi connectivity index (χ1v) is 8.14. The van der Waals surface area contributed by atoms with Crippen molar-refractivity contribution < 1.29 is 27.4 Å². The van der Waals surface area contributed by atoms with Crippen LogP contribution in [0.25, 0.3) is 10.9 Å². The van der Waals surface area contributed by atoms with Gasteiger partial charge >= 0.3 is 5.97 Å². The molecule has 23 heavy (non-hydrogen) atoms. The van der Waals surface area contributed by atoms with E-state index < -0.39 is 33.5 Å². The number of methoxy groups -OCH3 is 1.